The van der Waals surface area contributed by atoms with Gasteiger partial charge in [0, 0.05) is 11.1 Å². The van der Waals surface area contributed by atoms with Crippen LogP contribution in [0.5, 0.6) is 0 Å². The van der Waals surface area contributed by atoms with Gasteiger partial charge in [0.1, 0.15) is 0 Å². The molecule has 1 unspecified atom stereocenters. The molecule has 3 heteroatoms. The van der Waals surface area contributed by atoms with Crippen molar-refractivity contribution in [1.82, 2.24) is 9.55 Å². The Morgan fingerprint density at radius 3 is 2.80 bits per heavy atom. The van der Waals surface area contributed by atoms with Crippen LogP contribution >= 0.6 is 0 Å². The summed E-state index contributed by atoms with van der Waals surface area (Å²) in [6.45, 7) is 6.93. The van der Waals surface area contributed by atoms with Gasteiger partial charge in [-0.3, -0.25) is 4.57 Å². The molecule has 0 aliphatic heterocycles. The highest BCUT2D eigenvalue weighted by atomic mass is 15.2. The maximum absolute atomic E-state index is 6.21. The first-order valence-electron chi connectivity index (χ1n) is 7.55. The Morgan fingerprint density at radius 2 is 2.10 bits per heavy atom. The van der Waals surface area contributed by atoms with Crippen LogP contribution in [0.1, 0.15) is 40.0 Å². The third-order valence-corrected chi connectivity index (χ3v) is 5.14. The van der Waals surface area contributed by atoms with E-state index in [1.165, 1.54) is 12.1 Å². The van der Waals surface area contributed by atoms with E-state index in [1.807, 2.05) is 12.1 Å². The average molecular weight is 269 g/mol. The van der Waals surface area contributed by atoms with Crippen LogP contribution in [0.2, 0.25) is 0 Å². The van der Waals surface area contributed by atoms with Crippen LogP contribution in [0.15, 0.2) is 30.3 Å². The van der Waals surface area contributed by atoms with Crippen LogP contribution in [-0.4, -0.2) is 9.55 Å². The molecular formula is C17H23N3. The van der Waals surface area contributed by atoms with Crippen molar-refractivity contribution >= 4 is 22.7 Å². The number of para-hydroxylation sites is 2. The largest absolute Gasteiger partial charge is 0.369 e. The molecule has 2 atom stereocenters. The Kier molecular flexibility index (Phi) is 3.08. The number of imidazole rings is 1. The standard InChI is InChI=1S/C17H23N3/c1-4-12-10-11-15(17(12,3)5-2)20-14-9-7-6-8-13(14)19-16(20)18/h6-9,11-12H,4-5,10H2,1-3H3,(H2,18,19)/t12?,17-/m0/s1. The predicted molar refractivity (Wildman–Crippen MR) is 85.2 cm³/mol. The van der Waals surface area contributed by atoms with Crippen LogP contribution in [0.4, 0.5) is 5.95 Å². The summed E-state index contributed by atoms with van der Waals surface area (Å²) in [5.41, 5.74) is 9.82. The minimum absolute atomic E-state index is 0.187. The van der Waals surface area contributed by atoms with Gasteiger partial charge in [-0.1, -0.05) is 45.4 Å². The third kappa shape index (κ3) is 1.69. The molecule has 2 N–H and O–H groups in total. The molecule has 1 aliphatic carbocycles. The van der Waals surface area contributed by atoms with Gasteiger partial charge in [-0.15, -0.1) is 0 Å². The van der Waals surface area contributed by atoms with Crippen LogP contribution in [0.25, 0.3) is 16.7 Å². The van der Waals surface area contributed by atoms with Gasteiger partial charge in [0.2, 0.25) is 5.95 Å². The van der Waals surface area contributed by atoms with E-state index >= 15 is 0 Å². The van der Waals surface area contributed by atoms with Gasteiger partial charge >= 0.3 is 0 Å². The maximum Gasteiger partial charge on any atom is 0.205 e. The lowest BCUT2D eigenvalue weighted by Gasteiger charge is -2.34. The van der Waals surface area contributed by atoms with Gasteiger partial charge in [0.05, 0.1) is 11.0 Å². The molecule has 106 valence electrons. The number of hydrogen-bond donors (Lipinski definition) is 1. The smallest absolute Gasteiger partial charge is 0.205 e. The van der Waals surface area contributed by atoms with E-state index < -0.39 is 0 Å². The zero-order valence-electron chi connectivity index (χ0n) is 12.6. The fraction of sp³-hybridized carbons (Fsp3) is 0.471. The number of aromatic nitrogens is 2. The highest BCUT2D eigenvalue weighted by Gasteiger charge is 2.40. The minimum Gasteiger partial charge on any atom is -0.369 e. The molecule has 0 saturated heterocycles. The van der Waals surface area contributed by atoms with Crippen molar-refractivity contribution in [1.29, 1.82) is 0 Å². The van der Waals surface area contributed by atoms with Gasteiger partial charge in [-0.05, 0) is 30.9 Å². The topological polar surface area (TPSA) is 43.8 Å². The molecule has 1 heterocycles. The van der Waals surface area contributed by atoms with E-state index in [9.17, 15) is 0 Å². The minimum atomic E-state index is 0.187. The molecule has 0 amide bonds. The number of anilines is 1. The summed E-state index contributed by atoms with van der Waals surface area (Å²) >= 11 is 0. The molecule has 1 aromatic heterocycles. The first-order chi connectivity index (χ1) is 9.61. The molecule has 0 saturated carbocycles. The number of allylic oxidation sites excluding steroid dienone is 2. The number of rotatable bonds is 3. The summed E-state index contributed by atoms with van der Waals surface area (Å²) < 4.78 is 2.16. The van der Waals surface area contributed by atoms with Gasteiger partial charge in [0.25, 0.3) is 0 Å². The lowest BCUT2D eigenvalue weighted by atomic mass is 9.74. The second kappa shape index (κ2) is 4.65. The molecule has 1 aliphatic rings. The first kappa shape index (κ1) is 13.2. The Hall–Kier alpha value is -1.77. The lowest BCUT2D eigenvalue weighted by Crippen LogP contribution is -2.26. The monoisotopic (exact) mass is 269 g/mol. The van der Waals surface area contributed by atoms with Crippen molar-refractivity contribution in [2.24, 2.45) is 11.3 Å². The van der Waals surface area contributed by atoms with Gasteiger partial charge in [-0.2, -0.15) is 0 Å². The fourth-order valence-corrected chi connectivity index (χ4v) is 3.69. The summed E-state index contributed by atoms with van der Waals surface area (Å²) in [5, 5.41) is 0. The summed E-state index contributed by atoms with van der Waals surface area (Å²) in [5.74, 6) is 1.30. The molecule has 0 radical (unpaired) electrons. The Bertz CT molecular complexity index is 668. The molecule has 3 nitrogen and oxygen atoms in total. The highest BCUT2D eigenvalue weighted by Crippen LogP contribution is 2.51. The van der Waals surface area contributed by atoms with Crippen molar-refractivity contribution in [3.05, 3.63) is 30.3 Å². The van der Waals surface area contributed by atoms with Crippen molar-refractivity contribution in [3.8, 4) is 0 Å². The van der Waals surface area contributed by atoms with Crippen molar-refractivity contribution in [2.75, 3.05) is 5.73 Å². The number of fused-ring (bicyclic) bond motifs is 1. The zero-order valence-corrected chi connectivity index (χ0v) is 12.6. The van der Waals surface area contributed by atoms with Crippen LogP contribution in [0.3, 0.4) is 0 Å². The number of nitrogens with two attached hydrogens (primary N) is 1. The fourth-order valence-electron chi connectivity index (χ4n) is 3.69. The quantitative estimate of drug-likeness (QED) is 0.902. The van der Waals surface area contributed by atoms with Gasteiger partial charge < -0.3 is 5.73 Å². The number of nitrogens with zero attached hydrogens (tertiary/aromatic N) is 2. The Balaban J connectivity index is 2.19. The SMILES string of the molecule is CCC1CC=C(n2c(N)nc3ccccc32)[C@@]1(C)CC. The zero-order chi connectivity index (χ0) is 14.3. The van der Waals surface area contributed by atoms with E-state index in [0.29, 0.717) is 11.9 Å². The van der Waals surface area contributed by atoms with E-state index in [1.54, 1.807) is 0 Å². The summed E-state index contributed by atoms with van der Waals surface area (Å²) in [4.78, 5) is 4.51. The lowest BCUT2D eigenvalue weighted by molar-refractivity contribution is 0.265. The summed E-state index contributed by atoms with van der Waals surface area (Å²) in [6, 6.07) is 8.19. The number of benzene rings is 1. The average Bonchev–Trinajstić information content (AvgIpc) is 2.95. The second-order valence-corrected chi connectivity index (χ2v) is 6.00. The number of nitrogen functional groups attached to an aromatic ring is 1. The van der Waals surface area contributed by atoms with Crippen LogP contribution in [-0.2, 0) is 0 Å². The van der Waals surface area contributed by atoms with Crippen molar-refractivity contribution < 1.29 is 0 Å². The molecule has 2 aromatic rings. The molecule has 0 bridgehead atoms. The Morgan fingerprint density at radius 1 is 1.35 bits per heavy atom. The van der Waals surface area contributed by atoms with E-state index in [4.69, 9.17) is 5.73 Å². The van der Waals surface area contributed by atoms with Crippen LogP contribution in [0, 0.1) is 11.3 Å². The predicted octanol–water partition coefficient (Wildman–Crippen LogP) is 4.31. The highest BCUT2D eigenvalue weighted by molar-refractivity contribution is 5.83. The first-order valence-corrected chi connectivity index (χ1v) is 7.55. The maximum atomic E-state index is 6.21. The van der Waals surface area contributed by atoms with Crippen LogP contribution < -0.4 is 5.73 Å². The molecule has 1 aromatic carbocycles. The molecule has 3 rings (SSSR count). The molecule has 20 heavy (non-hydrogen) atoms. The van der Waals surface area contributed by atoms with Gasteiger partial charge in [0.15, 0.2) is 0 Å². The molecule has 0 spiro atoms. The third-order valence-electron chi connectivity index (χ3n) is 5.14. The summed E-state index contributed by atoms with van der Waals surface area (Å²) in [7, 11) is 0. The van der Waals surface area contributed by atoms with E-state index in [-0.39, 0.29) is 5.41 Å². The second-order valence-electron chi connectivity index (χ2n) is 6.00. The number of hydrogen-bond acceptors (Lipinski definition) is 2. The van der Waals surface area contributed by atoms with E-state index in [0.717, 1.165) is 23.9 Å². The molecular weight excluding hydrogens is 246 g/mol. The Labute approximate surface area is 120 Å². The molecule has 0 fully saturated rings. The normalized spacial score (nSPS) is 26.1. The van der Waals surface area contributed by atoms with Crippen molar-refractivity contribution in [3.63, 3.8) is 0 Å². The van der Waals surface area contributed by atoms with Gasteiger partial charge in [-0.25, -0.2) is 4.98 Å². The summed E-state index contributed by atoms with van der Waals surface area (Å²) in [6.07, 6.45) is 5.84. The van der Waals surface area contributed by atoms with Crippen molar-refractivity contribution in [2.45, 2.75) is 40.0 Å². The van der Waals surface area contributed by atoms with E-state index in [2.05, 4.69) is 48.5 Å².